The second kappa shape index (κ2) is 7.55. The molecule has 1 aromatic carbocycles. The highest BCUT2D eigenvalue weighted by molar-refractivity contribution is 5.77. The number of carbonyl (C=O) groups is 1. The number of nitrogens with two attached hydrogens (primary N) is 1. The number of rotatable bonds is 7. The zero-order valence-electron chi connectivity index (χ0n) is 10.8. The highest BCUT2D eigenvalue weighted by Crippen LogP contribution is 2.13. The van der Waals surface area contributed by atoms with Crippen LogP contribution >= 0.6 is 0 Å². The van der Waals surface area contributed by atoms with Crippen LogP contribution in [0.4, 0.5) is 5.69 Å². The lowest BCUT2D eigenvalue weighted by Gasteiger charge is -2.09. The number of benzene rings is 1. The number of nitrogen functional groups attached to an aromatic ring is 1. The fraction of sp³-hybridized carbons (Fsp3) is 0.462. The number of amides is 1. The molecule has 1 amide bonds. The van der Waals surface area contributed by atoms with Crippen molar-refractivity contribution >= 4 is 11.6 Å². The van der Waals surface area contributed by atoms with Crippen molar-refractivity contribution in [3.8, 4) is 5.75 Å². The maximum absolute atomic E-state index is 11.3. The maximum atomic E-state index is 11.3. The van der Waals surface area contributed by atoms with Crippen LogP contribution in [-0.4, -0.2) is 31.8 Å². The van der Waals surface area contributed by atoms with Gasteiger partial charge in [-0.1, -0.05) is 6.07 Å². The first-order chi connectivity index (χ1) is 8.58. The highest BCUT2D eigenvalue weighted by Gasteiger charge is 2.02. The van der Waals surface area contributed by atoms with Gasteiger partial charge in [0.2, 0.25) is 5.91 Å². The first-order valence-electron chi connectivity index (χ1n) is 5.94. The molecule has 0 spiro atoms. The van der Waals surface area contributed by atoms with Crippen LogP contribution in [0, 0.1) is 0 Å². The smallest absolute Gasteiger partial charge is 0.246 e. The normalized spacial score (nSPS) is 10.4. The standard InChI is InChI=1S/C13H20N2O3/c1-10(2)18-9-13(16)15-6-7-17-12-5-3-4-11(14)8-12/h3-5,8,10H,6-7,9,14H2,1-2H3,(H,15,16). The molecule has 18 heavy (non-hydrogen) atoms. The number of hydrogen-bond acceptors (Lipinski definition) is 4. The molecule has 3 N–H and O–H groups in total. The highest BCUT2D eigenvalue weighted by atomic mass is 16.5. The Morgan fingerprint density at radius 3 is 2.89 bits per heavy atom. The van der Waals surface area contributed by atoms with E-state index in [-0.39, 0.29) is 18.6 Å². The van der Waals surface area contributed by atoms with Crippen molar-refractivity contribution in [2.45, 2.75) is 20.0 Å². The third-order valence-corrected chi connectivity index (χ3v) is 2.10. The number of ether oxygens (including phenoxy) is 2. The lowest BCUT2D eigenvalue weighted by Crippen LogP contribution is -2.32. The molecule has 0 aromatic heterocycles. The van der Waals surface area contributed by atoms with Crippen LogP contribution in [0.1, 0.15) is 13.8 Å². The largest absolute Gasteiger partial charge is 0.492 e. The van der Waals surface area contributed by atoms with E-state index in [0.29, 0.717) is 24.6 Å². The fourth-order valence-electron chi connectivity index (χ4n) is 1.26. The minimum absolute atomic E-state index is 0.0549. The molecule has 5 heteroatoms. The van der Waals surface area contributed by atoms with E-state index < -0.39 is 0 Å². The van der Waals surface area contributed by atoms with E-state index >= 15 is 0 Å². The minimum atomic E-state index is -0.139. The van der Waals surface area contributed by atoms with Crippen LogP contribution in [0.25, 0.3) is 0 Å². The van der Waals surface area contributed by atoms with Crippen LogP contribution in [0.2, 0.25) is 0 Å². The first kappa shape index (κ1) is 14.3. The molecular formula is C13H20N2O3. The average Bonchev–Trinajstić information content (AvgIpc) is 2.32. The van der Waals surface area contributed by atoms with Gasteiger partial charge in [0.05, 0.1) is 12.6 Å². The van der Waals surface area contributed by atoms with Gasteiger partial charge in [0, 0.05) is 11.8 Å². The van der Waals surface area contributed by atoms with Crippen LogP contribution in [0.3, 0.4) is 0 Å². The summed E-state index contributed by atoms with van der Waals surface area (Å²) in [4.78, 5) is 11.3. The molecule has 0 bridgehead atoms. The van der Waals surface area contributed by atoms with Gasteiger partial charge in [-0.05, 0) is 26.0 Å². The Labute approximate surface area is 107 Å². The minimum Gasteiger partial charge on any atom is -0.492 e. The predicted molar refractivity (Wildman–Crippen MR) is 70.4 cm³/mol. The summed E-state index contributed by atoms with van der Waals surface area (Å²) in [5.41, 5.74) is 6.27. The molecule has 0 aliphatic carbocycles. The zero-order chi connectivity index (χ0) is 13.4. The molecule has 1 rings (SSSR count). The molecule has 0 aliphatic rings. The number of carbonyl (C=O) groups excluding carboxylic acids is 1. The SMILES string of the molecule is CC(C)OCC(=O)NCCOc1cccc(N)c1. The number of hydrogen-bond donors (Lipinski definition) is 2. The van der Waals surface area contributed by atoms with E-state index in [4.69, 9.17) is 15.2 Å². The molecule has 5 nitrogen and oxygen atoms in total. The molecule has 0 fully saturated rings. The number of anilines is 1. The van der Waals surface area contributed by atoms with Gasteiger partial charge in [-0.3, -0.25) is 4.79 Å². The van der Waals surface area contributed by atoms with Crippen molar-refractivity contribution in [3.05, 3.63) is 24.3 Å². The Morgan fingerprint density at radius 1 is 1.44 bits per heavy atom. The fourth-order valence-corrected chi connectivity index (χ4v) is 1.26. The van der Waals surface area contributed by atoms with Crippen molar-refractivity contribution in [2.75, 3.05) is 25.5 Å². The van der Waals surface area contributed by atoms with Crippen LogP contribution < -0.4 is 15.8 Å². The van der Waals surface area contributed by atoms with Gasteiger partial charge in [0.25, 0.3) is 0 Å². The van der Waals surface area contributed by atoms with E-state index in [0.717, 1.165) is 0 Å². The van der Waals surface area contributed by atoms with E-state index in [1.807, 2.05) is 26.0 Å². The van der Waals surface area contributed by atoms with Gasteiger partial charge >= 0.3 is 0 Å². The monoisotopic (exact) mass is 252 g/mol. The Bertz CT molecular complexity index is 380. The Hall–Kier alpha value is -1.75. The second-order valence-electron chi connectivity index (χ2n) is 4.13. The summed E-state index contributed by atoms with van der Waals surface area (Å²) in [7, 11) is 0. The molecule has 0 saturated heterocycles. The molecule has 100 valence electrons. The summed E-state index contributed by atoms with van der Waals surface area (Å²) < 4.78 is 10.6. The molecule has 0 aliphatic heterocycles. The zero-order valence-corrected chi connectivity index (χ0v) is 10.8. The van der Waals surface area contributed by atoms with Gasteiger partial charge in [0.15, 0.2) is 0 Å². The van der Waals surface area contributed by atoms with E-state index in [1.54, 1.807) is 12.1 Å². The van der Waals surface area contributed by atoms with Crippen molar-refractivity contribution < 1.29 is 14.3 Å². The summed E-state index contributed by atoms with van der Waals surface area (Å²) in [5, 5.41) is 2.70. The van der Waals surface area contributed by atoms with Gasteiger partial charge in [0.1, 0.15) is 19.0 Å². The quantitative estimate of drug-likeness (QED) is 0.564. The Morgan fingerprint density at radius 2 is 2.22 bits per heavy atom. The van der Waals surface area contributed by atoms with Crippen molar-refractivity contribution in [3.63, 3.8) is 0 Å². The maximum Gasteiger partial charge on any atom is 0.246 e. The molecular weight excluding hydrogens is 232 g/mol. The Balaban J connectivity index is 2.13. The van der Waals surface area contributed by atoms with Crippen molar-refractivity contribution in [1.29, 1.82) is 0 Å². The first-order valence-corrected chi connectivity index (χ1v) is 5.94. The Kier molecular flexibility index (Phi) is 6.00. The van der Waals surface area contributed by atoms with Gasteiger partial charge < -0.3 is 20.5 Å². The average molecular weight is 252 g/mol. The van der Waals surface area contributed by atoms with Crippen LogP contribution in [0.15, 0.2) is 24.3 Å². The van der Waals surface area contributed by atoms with Crippen molar-refractivity contribution in [2.24, 2.45) is 0 Å². The summed E-state index contributed by atoms with van der Waals surface area (Å²) in [5.74, 6) is 0.558. The summed E-state index contributed by atoms with van der Waals surface area (Å²) in [6, 6.07) is 7.17. The van der Waals surface area contributed by atoms with E-state index in [2.05, 4.69) is 5.32 Å². The third-order valence-electron chi connectivity index (χ3n) is 2.10. The molecule has 0 atom stereocenters. The molecule has 1 aromatic rings. The lowest BCUT2D eigenvalue weighted by molar-refractivity contribution is -0.127. The third kappa shape index (κ3) is 6.10. The van der Waals surface area contributed by atoms with Crippen molar-refractivity contribution in [1.82, 2.24) is 5.32 Å². The summed E-state index contributed by atoms with van der Waals surface area (Å²) in [6.07, 6.45) is 0.0549. The molecule has 0 heterocycles. The lowest BCUT2D eigenvalue weighted by atomic mass is 10.3. The van der Waals surface area contributed by atoms with E-state index in [9.17, 15) is 4.79 Å². The predicted octanol–water partition coefficient (Wildman–Crippen LogP) is 1.19. The number of nitrogens with one attached hydrogen (secondary N) is 1. The molecule has 0 saturated carbocycles. The van der Waals surface area contributed by atoms with Gasteiger partial charge in [-0.25, -0.2) is 0 Å². The molecule has 0 unspecified atom stereocenters. The summed E-state index contributed by atoms with van der Waals surface area (Å²) in [6.45, 7) is 4.69. The van der Waals surface area contributed by atoms with Crippen LogP contribution in [-0.2, 0) is 9.53 Å². The van der Waals surface area contributed by atoms with E-state index in [1.165, 1.54) is 0 Å². The van der Waals surface area contributed by atoms with Gasteiger partial charge in [-0.2, -0.15) is 0 Å². The summed E-state index contributed by atoms with van der Waals surface area (Å²) >= 11 is 0. The van der Waals surface area contributed by atoms with Gasteiger partial charge in [-0.15, -0.1) is 0 Å². The van der Waals surface area contributed by atoms with Crippen LogP contribution in [0.5, 0.6) is 5.75 Å². The second-order valence-corrected chi connectivity index (χ2v) is 4.13. The molecule has 0 radical (unpaired) electrons. The topological polar surface area (TPSA) is 73.6 Å².